The maximum absolute atomic E-state index is 12.3. The maximum atomic E-state index is 12.3. The Morgan fingerprint density at radius 1 is 1.32 bits per heavy atom. The minimum absolute atomic E-state index is 0.218. The number of halogens is 1. The first-order chi connectivity index (χ1) is 10.4. The highest BCUT2D eigenvalue weighted by atomic mass is 35.5. The normalized spacial score (nSPS) is 16.3. The number of carbonyl (C=O) groups is 1. The number of carbonyl (C=O) groups excluding carboxylic acids is 1. The number of hydrogen-bond donors (Lipinski definition) is 0. The molecule has 4 nitrogen and oxygen atoms in total. The van der Waals surface area contributed by atoms with E-state index in [9.17, 15) is 4.79 Å². The van der Waals surface area contributed by atoms with E-state index in [1.807, 2.05) is 32.0 Å². The predicted molar refractivity (Wildman–Crippen MR) is 83.4 cm³/mol. The molecule has 22 heavy (non-hydrogen) atoms. The molecule has 0 amide bonds. The zero-order chi connectivity index (χ0) is 15.9. The third kappa shape index (κ3) is 2.24. The van der Waals surface area contributed by atoms with E-state index in [1.54, 1.807) is 18.3 Å². The van der Waals surface area contributed by atoms with Crippen LogP contribution in [0.25, 0.3) is 0 Å². The molecule has 2 aromatic rings. The van der Waals surface area contributed by atoms with E-state index in [-0.39, 0.29) is 11.9 Å². The Morgan fingerprint density at radius 2 is 2.09 bits per heavy atom. The van der Waals surface area contributed by atoms with E-state index in [0.717, 1.165) is 11.1 Å². The van der Waals surface area contributed by atoms with Gasteiger partial charge in [0.25, 0.3) is 0 Å². The fraction of sp³-hybridized carbons (Fsp3) is 0.294. The van der Waals surface area contributed by atoms with Crippen LogP contribution in [0.1, 0.15) is 30.9 Å². The van der Waals surface area contributed by atoms with Gasteiger partial charge >= 0.3 is 5.97 Å². The number of rotatable bonds is 2. The first-order valence-corrected chi connectivity index (χ1v) is 7.33. The number of benzene rings is 1. The molecule has 3 rings (SSSR count). The van der Waals surface area contributed by atoms with Gasteiger partial charge in [-0.3, -0.25) is 4.79 Å². The summed E-state index contributed by atoms with van der Waals surface area (Å²) in [6, 6.07) is 9.20. The molecule has 0 bridgehead atoms. The molecule has 114 valence electrons. The van der Waals surface area contributed by atoms with Crippen molar-refractivity contribution in [2.24, 2.45) is 5.41 Å². The van der Waals surface area contributed by atoms with Crippen molar-refractivity contribution in [3.8, 4) is 11.6 Å². The van der Waals surface area contributed by atoms with Crippen LogP contribution in [-0.2, 0) is 9.53 Å². The van der Waals surface area contributed by atoms with Gasteiger partial charge in [0.05, 0.1) is 12.5 Å². The van der Waals surface area contributed by atoms with Crippen LogP contribution in [0.3, 0.4) is 0 Å². The van der Waals surface area contributed by atoms with Gasteiger partial charge in [-0.15, -0.1) is 0 Å². The minimum Gasteiger partial charge on any atom is -0.469 e. The number of fused-ring (bicyclic) bond motifs is 2. The van der Waals surface area contributed by atoms with Gasteiger partial charge in [-0.25, -0.2) is 4.98 Å². The Bertz CT molecular complexity index is 742. The minimum atomic E-state index is -0.765. The topological polar surface area (TPSA) is 48.4 Å². The quantitative estimate of drug-likeness (QED) is 0.780. The fourth-order valence-electron chi connectivity index (χ4n) is 2.97. The highest BCUT2D eigenvalue weighted by molar-refractivity contribution is 6.30. The lowest BCUT2D eigenvalue weighted by molar-refractivity contribution is -0.151. The number of methoxy groups -OCH3 is 1. The van der Waals surface area contributed by atoms with Crippen LogP contribution in [0, 0.1) is 5.41 Å². The molecular formula is C17H16ClNO3. The second kappa shape index (κ2) is 5.29. The Kier molecular flexibility index (Phi) is 3.57. The number of aromatic nitrogens is 1. The van der Waals surface area contributed by atoms with Crippen molar-refractivity contribution >= 4 is 17.6 Å². The van der Waals surface area contributed by atoms with E-state index in [4.69, 9.17) is 21.1 Å². The summed E-state index contributed by atoms with van der Waals surface area (Å²) < 4.78 is 10.8. The summed E-state index contributed by atoms with van der Waals surface area (Å²) in [6.45, 7) is 3.73. The van der Waals surface area contributed by atoms with Crippen LogP contribution in [0.5, 0.6) is 11.6 Å². The largest absolute Gasteiger partial charge is 0.469 e. The number of esters is 1. The first kappa shape index (κ1) is 14.9. The Balaban J connectivity index is 2.23. The summed E-state index contributed by atoms with van der Waals surface area (Å²) in [5, 5.41) is 0.577. The number of nitrogens with zero attached hydrogens (tertiary/aromatic N) is 1. The second-order valence-corrected chi connectivity index (χ2v) is 6.26. The monoisotopic (exact) mass is 317 g/mol. The zero-order valence-corrected chi connectivity index (χ0v) is 13.3. The predicted octanol–water partition coefficient (Wildman–Crippen LogP) is 4.17. The number of hydrogen-bond acceptors (Lipinski definition) is 4. The fourth-order valence-corrected chi connectivity index (χ4v) is 3.14. The first-order valence-electron chi connectivity index (χ1n) is 6.95. The Hall–Kier alpha value is -2.07. The van der Waals surface area contributed by atoms with Gasteiger partial charge in [0, 0.05) is 28.3 Å². The molecule has 2 heterocycles. The standard InChI is InChI=1S/C17H16ClNO3/c1-17(2,16(20)21-3)14-11-7-6-10(18)9-13(11)22-15-12(14)5-4-8-19-15/h4-9,14H,1-3H3. The van der Waals surface area contributed by atoms with Crippen molar-refractivity contribution in [2.75, 3.05) is 7.11 Å². The molecule has 1 aliphatic rings. The van der Waals surface area contributed by atoms with Crippen molar-refractivity contribution < 1.29 is 14.3 Å². The average Bonchev–Trinajstić information content (AvgIpc) is 2.51. The number of ether oxygens (including phenoxy) is 2. The number of pyridine rings is 1. The van der Waals surface area contributed by atoms with Gasteiger partial charge in [-0.1, -0.05) is 23.7 Å². The Morgan fingerprint density at radius 3 is 2.82 bits per heavy atom. The average molecular weight is 318 g/mol. The molecule has 0 spiro atoms. The lowest BCUT2D eigenvalue weighted by Gasteiger charge is -2.36. The van der Waals surface area contributed by atoms with E-state index in [1.165, 1.54) is 7.11 Å². The third-order valence-corrected chi connectivity index (χ3v) is 4.27. The van der Waals surface area contributed by atoms with Crippen LogP contribution in [-0.4, -0.2) is 18.1 Å². The zero-order valence-electron chi connectivity index (χ0n) is 12.6. The van der Waals surface area contributed by atoms with E-state index in [0.29, 0.717) is 16.7 Å². The molecule has 5 heteroatoms. The van der Waals surface area contributed by atoms with Crippen LogP contribution in [0.4, 0.5) is 0 Å². The van der Waals surface area contributed by atoms with Crippen LogP contribution in [0.2, 0.25) is 5.02 Å². The van der Waals surface area contributed by atoms with Crippen LogP contribution < -0.4 is 4.74 Å². The molecule has 0 aliphatic carbocycles. The van der Waals surface area contributed by atoms with Crippen molar-refractivity contribution in [1.82, 2.24) is 4.98 Å². The summed E-state index contributed by atoms with van der Waals surface area (Å²) in [5.41, 5.74) is 1.01. The van der Waals surface area contributed by atoms with Crippen molar-refractivity contribution in [1.29, 1.82) is 0 Å². The highest BCUT2D eigenvalue weighted by Crippen LogP contribution is 2.51. The highest BCUT2D eigenvalue weighted by Gasteiger charge is 2.44. The van der Waals surface area contributed by atoms with Crippen LogP contribution >= 0.6 is 11.6 Å². The van der Waals surface area contributed by atoms with E-state index < -0.39 is 5.41 Å². The summed E-state index contributed by atoms with van der Waals surface area (Å²) >= 11 is 6.06. The summed E-state index contributed by atoms with van der Waals surface area (Å²) in [4.78, 5) is 16.6. The molecule has 1 atom stereocenters. The second-order valence-electron chi connectivity index (χ2n) is 5.83. The van der Waals surface area contributed by atoms with Crippen molar-refractivity contribution in [2.45, 2.75) is 19.8 Å². The molecule has 1 aromatic carbocycles. The Labute approximate surface area is 134 Å². The third-order valence-electron chi connectivity index (χ3n) is 4.04. The molecule has 0 saturated carbocycles. The van der Waals surface area contributed by atoms with Crippen molar-refractivity contribution in [3.05, 3.63) is 52.7 Å². The summed E-state index contributed by atoms with van der Waals surface area (Å²) in [7, 11) is 1.40. The molecular weight excluding hydrogens is 302 g/mol. The van der Waals surface area contributed by atoms with Crippen molar-refractivity contribution in [3.63, 3.8) is 0 Å². The van der Waals surface area contributed by atoms with E-state index >= 15 is 0 Å². The van der Waals surface area contributed by atoms with Gasteiger partial charge in [0.2, 0.25) is 5.88 Å². The molecule has 0 N–H and O–H groups in total. The SMILES string of the molecule is COC(=O)C(C)(C)C1c2ccc(Cl)cc2Oc2ncccc21. The molecule has 0 saturated heterocycles. The van der Waals surface area contributed by atoms with Gasteiger partial charge in [-0.2, -0.15) is 0 Å². The lowest BCUT2D eigenvalue weighted by Crippen LogP contribution is -2.35. The lowest BCUT2D eigenvalue weighted by atomic mass is 9.70. The summed E-state index contributed by atoms with van der Waals surface area (Å²) in [6.07, 6.45) is 1.66. The van der Waals surface area contributed by atoms with Crippen LogP contribution in [0.15, 0.2) is 36.5 Å². The van der Waals surface area contributed by atoms with Gasteiger partial charge in [0.15, 0.2) is 0 Å². The molecule has 1 aromatic heterocycles. The summed E-state index contributed by atoms with van der Waals surface area (Å²) in [5.74, 6) is 0.625. The van der Waals surface area contributed by atoms with Gasteiger partial charge in [-0.05, 0) is 32.0 Å². The molecule has 1 unspecified atom stereocenters. The molecule has 0 fully saturated rings. The van der Waals surface area contributed by atoms with Gasteiger partial charge in [0.1, 0.15) is 5.75 Å². The molecule has 1 aliphatic heterocycles. The van der Waals surface area contributed by atoms with Gasteiger partial charge < -0.3 is 9.47 Å². The smallest absolute Gasteiger partial charge is 0.312 e. The maximum Gasteiger partial charge on any atom is 0.312 e. The van der Waals surface area contributed by atoms with E-state index in [2.05, 4.69) is 4.98 Å². The molecule has 0 radical (unpaired) electrons.